The minimum Gasteiger partial charge on any atom is -0.352 e. The molecule has 0 saturated heterocycles. The van der Waals surface area contributed by atoms with Crippen LogP contribution in [0.5, 0.6) is 0 Å². The fourth-order valence-electron chi connectivity index (χ4n) is 3.84. The van der Waals surface area contributed by atoms with Crippen molar-refractivity contribution in [1.29, 1.82) is 0 Å². The molecule has 156 valence electrons. The van der Waals surface area contributed by atoms with E-state index in [9.17, 15) is 9.59 Å². The summed E-state index contributed by atoms with van der Waals surface area (Å²) < 4.78 is 3.37. The zero-order valence-corrected chi connectivity index (χ0v) is 17.8. The summed E-state index contributed by atoms with van der Waals surface area (Å²) in [7, 11) is 0. The first kappa shape index (κ1) is 19.6. The number of carbonyl (C=O) groups is 1. The molecule has 0 saturated carbocycles. The van der Waals surface area contributed by atoms with E-state index in [1.54, 1.807) is 15.4 Å². The van der Waals surface area contributed by atoms with Gasteiger partial charge in [-0.2, -0.15) is 5.10 Å². The maximum Gasteiger partial charge on any atom is 0.265 e. The standard InChI is InChI=1S/C23H21N5O2S/c1-15-7-5-6-10-19(15)28-21-18(13-25-28)22(30)27-17(14-31-23(27)26-21)11-20(29)24-12-16-8-3-2-4-9-16/h2-10,13,17H,11-12,14H2,1H3,(H,24,29). The highest BCUT2D eigenvalue weighted by atomic mass is 32.2. The Morgan fingerprint density at radius 2 is 1.94 bits per heavy atom. The SMILES string of the molecule is Cc1ccccc1-n1ncc2c(=O)n3c(nc21)SCC3CC(=O)NCc1ccccc1. The lowest BCUT2D eigenvalue weighted by Gasteiger charge is -2.13. The van der Waals surface area contributed by atoms with Gasteiger partial charge in [0.05, 0.1) is 17.9 Å². The monoisotopic (exact) mass is 431 g/mol. The van der Waals surface area contributed by atoms with Crippen molar-refractivity contribution >= 4 is 28.7 Å². The van der Waals surface area contributed by atoms with Crippen LogP contribution < -0.4 is 10.9 Å². The van der Waals surface area contributed by atoms with E-state index < -0.39 is 0 Å². The Morgan fingerprint density at radius 3 is 2.74 bits per heavy atom. The van der Waals surface area contributed by atoms with E-state index in [4.69, 9.17) is 4.98 Å². The van der Waals surface area contributed by atoms with Crippen LogP contribution in [0.2, 0.25) is 0 Å². The summed E-state index contributed by atoms with van der Waals surface area (Å²) in [6, 6.07) is 17.4. The summed E-state index contributed by atoms with van der Waals surface area (Å²) in [5, 5.41) is 8.47. The number of nitrogens with one attached hydrogen (secondary N) is 1. The maximum absolute atomic E-state index is 13.2. The number of para-hydroxylation sites is 1. The molecule has 8 heteroatoms. The highest BCUT2D eigenvalue weighted by Crippen LogP contribution is 2.33. The van der Waals surface area contributed by atoms with Crippen LogP contribution in [0.4, 0.5) is 0 Å². The molecular formula is C23H21N5O2S. The van der Waals surface area contributed by atoms with E-state index in [0.717, 1.165) is 16.8 Å². The molecule has 3 heterocycles. The molecule has 2 aromatic carbocycles. The average Bonchev–Trinajstić information content (AvgIpc) is 3.38. The van der Waals surface area contributed by atoms with Crippen molar-refractivity contribution in [2.45, 2.75) is 31.1 Å². The molecule has 0 fully saturated rings. The summed E-state index contributed by atoms with van der Waals surface area (Å²) in [4.78, 5) is 30.5. The molecule has 1 aliphatic rings. The third-order valence-corrected chi connectivity index (χ3v) is 6.57. The Bertz CT molecular complexity index is 1330. The number of fused-ring (bicyclic) bond motifs is 2. The van der Waals surface area contributed by atoms with Gasteiger partial charge in [0.15, 0.2) is 10.8 Å². The first-order valence-corrected chi connectivity index (χ1v) is 11.1. The third kappa shape index (κ3) is 3.63. The molecule has 1 atom stereocenters. The quantitative estimate of drug-likeness (QED) is 0.491. The van der Waals surface area contributed by atoms with Crippen molar-refractivity contribution in [3.05, 3.63) is 82.3 Å². The lowest BCUT2D eigenvalue weighted by molar-refractivity contribution is -0.121. The Kier molecular flexibility index (Phi) is 5.07. The summed E-state index contributed by atoms with van der Waals surface area (Å²) in [5.74, 6) is 0.565. The van der Waals surface area contributed by atoms with Gasteiger partial charge < -0.3 is 5.32 Å². The lowest BCUT2D eigenvalue weighted by Crippen LogP contribution is -2.30. The topological polar surface area (TPSA) is 81.8 Å². The van der Waals surface area contributed by atoms with Crippen LogP contribution >= 0.6 is 11.8 Å². The number of aryl methyl sites for hydroxylation is 1. The number of hydrogen-bond donors (Lipinski definition) is 1. The predicted octanol–water partition coefficient (Wildman–Crippen LogP) is 3.24. The average molecular weight is 432 g/mol. The molecule has 2 aromatic heterocycles. The van der Waals surface area contributed by atoms with Crippen molar-refractivity contribution in [3.63, 3.8) is 0 Å². The molecule has 7 nitrogen and oxygen atoms in total. The van der Waals surface area contributed by atoms with Crippen LogP contribution in [-0.4, -0.2) is 31.0 Å². The number of rotatable bonds is 5. The number of amides is 1. The molecule has 1 amide bonds. The molecule has 0 spiro atoms. The van der Waals surface area contributed by atoms with E-state index in [-0.39, 0.29) is 23.9 Å². The molecule has 31 heavy (non-hydrogen) atoms. The first-order valence-electron chi connectivity index (χ1n) is 10.1. The van der Waals surface area contributed by atoms with Gasteiger partial charge in [0.2, 0.25) is 5.91 Å². The van der Waals surface area contributed by atoms with Gasteiger partial charge in [0, 0.05) is 18.7 Å². The van der Waals surface area contributed by atoms with Crippen LogP contribution in [-0.2, 0) is 11.3 Å². The number of nitrogens with zero attached hydrogens (tertiary/aromatic N) is 4. The van der Waals surface area contributed by atoms with Crippen molar-refractivity contribution in [1.82, 2.24) is 24.6 Å². The van der Waals surface area contributed by atoms with Crippen LogP contribution in [0.3, 0.4) is 0 Å². The van der Waals surface area contributed by atoms with Gasteiger partial charge in [-0.1, -0.05) is 60.3 Å². The summed E-state index contributed by atoms with van der Waals surface area (Å²) in [6.45, 7) is 2.48. The lowest BCUT2D eigenvalue weighted by atomic mass is 10.2. The highest BCUT2D eigenvalue weighted by molar-refractivity contribution is 7.99. The minimum absolute atomic E-state index is 0.0788. The van der Waals surface area contributed by atoms with Gasteiger partial charge in [-0.15, -0.1) is 0 Å². The summed E-state index contributed by atoms with van der Waals surface area (Å²) in [6.07, 6.45) is 1.81. The minimum atomic E-state index is -0.220. The summed E-state index contributed by atoms with van der Waals surface area (Å²) >= 11 is 1.50. The molecule has 1 unspecified atom stereocenters. The number of thioether (sulfide) groups is 1. The predicted molar refractivity (Wildman–Crippen MR) is 121 cm³/mol. The van der Waals surface area contributed by atoms with Crippen LogP contribution in [0.15, 0.2) is 70.7 Å². The maximum atomic E-state index is 13.2. The molecular weight excluding hydrogens is 410 g/mol. The number of benzene rings is 2. The van der Waals surface area contributed by atoms with Gasteiger partial charge in [-0.05, 0) is 24.1 Å². The van der Waals surface area contributed by atoms with E-state index in [0.29, 0.717) is 28.5 Å². The second kappa shape index (κ2) is 8.03. The Balaban J connectivity index is 1.41. The second-order valence-electron chi connectivity index (χ2n) is 7.58. The molecule has 4 aromatic rings. The Labute approximate surface area is 183 Å². The first-order chi connectivity index (χ1) is 15.1. The van der Waals surface area contributed by atoms with E-state index in [1.165, 1.54) is 11.8 Å². The van der Waals surface area contributed by atoms with E-state index in [1.807, 2.05) is 61.5 Å². The third-order valence-electron chi connectivity index (χ3n) is 5.47. The fourth-order valence-corrected chi connectivity index (χ4v) is 4.97. The van der Waals surface area contributed by atoms with Gasteiger partial charge in [0.1, 0.15) is 5.39 Å². The van der Waals surface area contributed by atoms with E-state index >= 15 is 0 Å². The molecule has 1 N–H and O–H groups in total. The molecule has 5 rings (SSSR count). The van der Waals surface area contributed by atoms with Gasteiger partial charge in [-0.3, -0.25) is 14.2 Å². The van der Waals surface area contributed by atoms with Crippen LogP contribution in [0, 0.1) is 6.92 Å². The molecule has 0 bridgehead atoms. The highest BCUT2D eigenvalue weighted by Gasteiger charge is 2.29. The van der Waals surface area contributed by atoms with E-state index in [2.05, 4.69) is 10.4 Å². The summed E-state index contributed by atoms with van der Waals surface area (Å²) in [5.41, 5.74) is 3.39. The van der Waals surface area contributed by atoms with Crippen molar-refractivity contribution in [2.75, 3.05) is 5.75 Å². The van der Waals surface area contributed by atoms with Gasteiger partial charge >= 0.3 is 0 Å². The Morgan fingerprint density at radius 1 is 1.16 bits per heavy atom. The number of aromatic nitrogens is 4. The van der Waals surface area contributed by atoms with Crippen molar-refractivity contribution in [3.8, 4) is 5.69 Å². The molecule has 0 radical (unpaired) electrons. The number of carbonyl (C=O) groups excluding carboxylic acids is 1. The molecule has 1 aliphatic heterocycles. The molecule has 0 aliphatic carbocycles. The largest absolute Gasteiger partial charge is 0.352 e. The van der Waals surface area contributed by atoms with Crippen molar-refractivity contribution in [2.24, 2.45) is 0 Å². The van der Waals surface area contributed by atoms with Crippen LogP contribution in [0.1, 0.15) is 23.6 Å². The van der Waals surface area contributed by atoms with Crippen molar-refractivity contribution < 1.29 is 4.79 Å². The fraction of sp³-hybridized carbons (Fsp3) is 0.217. The zero-order chi connectivity index (χ0) is 21.4. The zero-order valence-electron chi connectivity index (χ0n) is 17.0. The van der Waals surface area contributed by atoms with Gasteiger partial charge in [-0.25, -0.2) is 9.67 Å². The normalized spacial score (nSPS) is 15.2. The number of hydrogen-bond acceptors (Lipinski definition) is 5. The van der Waals surface area contributed by atoms with Crippen LogP contribution in [0.25, 0.3) is 16.7 Å². The Hall–Kier alpha value is -3.39. The van der Waals surface area contributed by atoms with Gasteiger partial charge in [0.25, 0.3) is 5.56 Å². The second-order valence-corrected chi connectivity index (χ2v) is 8.57. The smallest absolute Gasteiger partial charge is 0.265 e.